The van der Waals surface area contributed by atoms with E-state index in [0.29, 0.717) is 12.0 Å². The summed E-state index contributed by atoms with van der Waals surface area (Å²) in [5, 5.41) is 3.33. The van der Waals surface area contributed by atoms with E-state index < -0.39 is 11.6 Å². The Morgan fingerprint density at radius 3 is 2.45 bits per heavy atom. The van der Waals surface area contributed by atoms with Gasteiger partial charge in [-0.25, -0.2) is 8.78 Å². The number of hydrogen-bond donors (Lipinski definition) is 1. The molecule has 106 valence electrons. The highest BCUT2D eigenvalue weighted by atomic mass is 19.1. The number of benzene rings is 1. The standard InChI is InChI=1S/C16H18F2N2/c1-2-19-16(11-15-5-3-4-6-20-15)9-12-7-13(17)10-14(18)8-12/h3-8,10,16,19H,2,9,11H2,1H3. The Morgan fingerprint density at radius 2 is 1.85 bits per heavy atom. The second kappa shape index (κ2) is 7.10. The van der Waals surface area contributed by atoms with Crippen LogP contribution < -0.4 is 5.32 Å². The van der Waals surface area contributed by atoms with Gasteiger partial charge in [0.2, 0.25) is 0 Å². The molecule has 0 saturated heterocycles. The van der Waals surface area contributed by atoms with Crippen molar-refractivity contribution < 1.29 is 8.78 Å². The third kappa shape index (κ3) is 4.38. The first kappa shape index (κ1) is 14.6. The van der Waals surface area contributed by atoms with Gasteiger partial charge in [0.25, 0.3) is 0 Å². The third-order valence-corrected chi connectivity index (χ3v) is 3.08. The summed E-state index contributed by atoms with van der Waals surface area (Å²) in [5.41, 5.74) is 1.62. The van der Waals surface area contributed by atoms with E-state index in [1.807, 2.05) is 25.1 Å². The van der Waals surface area contributed by atoms with Gasteiger partial charge in [0.1, 0.15) is 11.6 Å². The van der Waals surface area contributed by atoms with Crippen LogP contribution in [0.5, 0.6) is 0 Å². The molecule has 0 saturated carbocycles. The fraction of sp³-hybridized carbons (Fsp3) is 0.312. The van der Waals surface area contributed by atoms with Crippen LogP contribution in [0.4, 0.5) is 8.78 Å². The highest BCUT2D eigenvalue weighted by Crippen LogP contribution is 2.12. The summed E-state index contributed by atoms with van der Waals surface area (Å²) in [5.74, 6) is -1.07. The molecule has 0 spiro atoms. The molecule has 2 nitrogen and oxygen atoms in total. The first-order valence-corrected chi connectivity index (χ1v) is 6.75. The first-order chi connectivity index (χ1) is 9.67. The monoisotopic (exact) mass is 276 g/mol. The molecule has 1 aromatic heterocycles. The van der Waals surface area contributed by atoms with Gasteiger partial charge in [-0.2, -0.15) is 0 Å². The number of hydrogen-bond acceptors (Lipinski definition) is 2. The maximum Gasteiger partial charge on any atom is 0.126 e. The van der Waals surface area contributed by atoms with E-state index in [1.54, 1.807) is 6.20 Å². The smallest absolute Gasteiger partial charge is 0.126 e. The Hall–Kier alpha value is -1.81. The van der Waals surface area contributed by atoms with Crippen molar-refractivity contribution in [1.29, 1.82) is 0 Å². The van der Waals surface area contributed by atoms with Gasteiger partial charge in [0, 0.05) is 30.4 Å². The number of likely N-dealkylation sites (N-methyl/N-ethyl adjacent to an activating group) is 1. The Labute approximate surface area is 117 Å². The normalized spacial score (nSPS) is 12.3. The van der Waals surface area contributed by atoms with E-state index in [9.17, 15) is 8.78 Å². The molecule has 0 radical (unpaired) electrons. The first-order valence-electron chi connectivity index (χ1n) is 6.75. The zero-order chi connectivity index (χ0) is 14.4. The zero-order valence-electron chi connectivity index (χ0n) is 11.4. The van der Waals surface area contributed by atoms with Crippen molar-refractivity contribution >= 4 is 0 Å². The van der Waals surface area contributed by atoms with Crippen molar-refractivity contribution in [3.05, 3.63) is 65.5 Å². The number of nitrogens with one attached hydrogen (secondary N) is 1. The van der Waals surface area contributed by atoms with Crippen LogP contribution in [0, 0.1) is 11.6 Å². The summed E-state index contributed by atoms with van der Waals surface area (Å²) in [6.07, 6.45) is 3.05. The summed E-state index contributed by atoms with van der Waals surface area (Å²) in [4.78, 5) is 4.29. The SMILES string of the molecule is CCNC(Cc1cc(F)cc(F)c1)Cc1ccccn1. The third-order valence-electron chi connectivity index (χ3n) is 3.08. The Morgan fingerprint density at radius 1 is 1.10 bits per heavy atom. The van der Waals surface area contributed by atoms with Crippen molar-refractivity contribution in [2.75, 3.05) is 6.54 Å². The second-order valence-corrected chi connectivity index (χ2v) is 4.76. The number of rotatable bonds is 6. The molecule has 1 atom stereocenters. The van der Waals surface area contributed by atoms with Crippen LogP contribution in [0.1, 0.15) is 18.2 Å². The van der Waals surface area contributed by atoms with Crippen LogP contribution in [0.15, 0.2) is 42.6 Å². The Balaban J connectivity index is 2.08. The van der Waals surface area contributed by atoms with E-state index in [4.69, 9.17) is 0 Å². The average molecular weight is 276 g/mol. The molecule has 20 heavy (non-hydrogen) atoms. The lowest BCUT2D eigenvalue weighted by molar-refractivity contribution is 0.511. The number of halogens is 2. The van der Waals surface area contributed by atoms with Crippen molar-refractivity contribution in [2.45, 2.75) is 25.8 Å². The van der Waals surface area contributed by atoms with Crippen LogP contribution in [0.25, 0.3) is 0 Å². The number of nitrogens with zero attached hydrogens (tertiary/aromatic N) is 1. The molecule has 0 aliphatic heterocycles. The minimum Gasteiger partial charge on any atom is -0.314 e. The summed E-state index contributed by atoms with van der Waals surface area (Å²) in [6, 6.07) is 9.52. The summed E-state index contributed by atoms with van der Waals surface area (Å²) in [7, 11) is 0. The molecule has 0 aliphatic rings. The molecule has 1 heterocycles. The van der Waals surface area contributed by atoms with E-state index >= 15 is 0 Å². The van der Waals surface area contributed by atoms with E-state index in [-0.39, 0.29) is 6.04 Å². The Bertz CT molecular complexity index is 523. The molecule has 0 aliphatic carbocycles. The van der Waals surface area contributed by atoms with Gasteiger partial charge in [-0.05, 0) is 42.8 Å². The van der Waals surface area contributed by atoms with Crippen LogP contribution in [0.3, 0.4) is 0 Å². The molecule has 0 fully saturated rings. The van der Waals surface area contributed by atoms with Crippen LogP contribution >= 0.6 is 0 Å². The lowest BCUT2D eigenvalue weighted by Gasteiger charge is -2.17. The van der Waals surface area contributed by atoms with Crippen molar-refractivity contribution in [3.63, 3.8) is 0 Å². The van der Waals surface area contributed by atoms with E-state index in [0.717, 1.165) is 24.7 Å². The molecule has 0 bridgehead atoms. The molecule has 4 heteroatoms. The second-order valence-electron chi connectivity index (χ2n) is 4.76. The number of pyridine rings is 1. The molecule has 1 N–H and O–H groups in total. The molecule has 2 aromatic rings. The fourth-order valence-electron chi connectivity index (χ4n) is 2.29. The summed E-state index contributed by atoms with van der Waals surface area (Å²) < 4.78 is 26.4. The minimum absolute atomic E-state index is 0.107. The van der Waals surface area contributed by atoms with Crippen LogP contribution in [-0.2, 0) is 12.8 Å². The zero-order valence-corrected chi connectivity index (χ0v) is 11.4. The molecular formula is C16H18F2N2. The highest BCUT2D eigenvalue weighted by molar-refractivity contribution is 5.19. The molecular weight excluding hydrogens is 258 g/mol. The van der Waals surface area contributed by atoms with E-state index in [2.05, 4.69) is 10.3 Å². The van der Waals surface area contributed by atoms with Gasteiger partial charge in [-0.15, -0.1) is 0 Å². The van der Waals surface area contributed by atoms with Gasteiger partial charge < -0.3 is 5.32 Å². The van der Waals surface area contributed by atoms with Crippen LogP contribution in [0.2, 0.25) is 0 Å². The molecule has 1 unspecified atom stereocenters. The summed E-state index contributed by atoms with van der Waals surface area (Å²) in [6.45, 7) is 2.81. The summed E-state index contributed by atoms with van der Waals surface area (Å²) >= 11 is 0. The minimum atomic E-state index is -0.534. The van der Waals surface area contributed by atoms with Crippen molar-refractivity contribution in [3.8, 4) is 0 Å². The maximum atomic E-state index is 13.2. The van der Waals surface area contributed by atoms with Gasteiger partial charge >= 0.3 is 0 Å². The maximum absolute atomic E-state index is 13.2. The molecule has 2 rings (SSSR count). The average Bonchev–Trinajstić information content (AvgIpc) is 2.39. The largest absolute Gasteiger partial charge is 0.314 e. The number of aromatic nitrogens is 1. The lowest BCUT2D eigenvalue weighted by atomic mass is 10.0. The topological polar surface area (TPSA) is 24.9 Å². The van der Waals surface area contributed by atoms with Gasteiger partial charge in [-0.1, -0.05) is 13.0 Å². The van der Waals surface area contributed by atoms with Crippen molar-refractivity contribution in [2.24, 2.45) is 0 Å². The predicted octanol–water partition coefficient (Wildman–Crippen LogP) is 3.12. The lowest BCUT2D eigenvalue weighted by Crippen LogP contribution is -2.33. The Kier molecular flexibility index (Phi) is 5.18. The van der Waals surface area contributed by atoms with E-state index in [1.165, 1.54) is 12.1 Å². The van der Waals surface area contributed by atoms with Gasteiger partial charge in [-0.3, -0.25) is 4.98 Å². The van der Waals surface area contributed by atoms with Gasteiger partial charge in [0.15, 0.2) is 0 Å². The van der Waals surface area contributed by atoms with Crippen molar-refractivity contribution in [1.82, 2.24) is 10.3 Å². The highest BCUT2D eigenvalue weighted by Gasteiger charge is 2.11. The quantitative estimate of drug-likeness (QED) is 0.877. The van der Waals surface area contributed by atoms with Crippen LogP contribution in [-0.4, -0.2) is 17.6 Å². The predicted molar refractivity (Wildman–Crippen MR) is 75.5 cm³/mol. The molecule has 0 amide bonds. The fourth-order valence-corrected chi connectivity index (χ4v) is 2.29. The molecule has 1 aromatic carbocycles. The van der Waals surface area contributed by atoms with Gasteiger partial charge in [0.05, 0.1) is 0 Å².